The molecule has 1 aromatic heterocycles. The maximum absolute atomic E-state index is 12.5. The SMILES string of the molecule is CCCC(OC)Oc1cnc2ccc(C(=O)Nc3ccccc3)cc2c1. The predicted molar refractivity (Wildman–Crippen MR) is 102 cm³/mol. The van der Waals surface area contributed by atoms with E-state index in [4.69, 9.17) is 9.47 Å². The Bertz CT molecular complexity index is 881. The fourth-order valence-corrected chi connectivity index (χ4v) is 2.65. The topological polar surface area (TPSA) is 60.5 Å². The average molecular weight is 350 g/mol. The van der Waals surface area contributed by atoms with Gasteiger partial charge in [-0.2, -0.15) is 0 Å². The van der Waals surface area contributed by atoms with Gasteiger partial charge in [0.2, 0.25) is 0 Å². The molecule has 134 valence electrons. The molecule has 1 heterocycles. The fraction of sp³-hybridized carbons (Fsp3) is 0.238. The number of nitrogens with one attached hydrogen (secondary N) is 1. The highest BCUT2D eigenvalue weighted by Crippen LogP contribution is 2.22. The number of aromatic nitrogens is 1. The third-order valence-electron chi connectivity index (χ3n) is 4.00. The van der Waals surface area contributed by atoms with Crippen LogP contribution < -0.4 is 10.1 Å². The standard InChI is InChI=1S/C21H22N2O3/c1-3-7-20(25-2)26-18-13-16-12-15(10-11-19(16)22-14-18)21(24)23-17-8-5-4-6-9-17/h4-6,8-14,20H,3,7H2,1-2H3,(H,23,24). The maximum atomic E-state index is 12.5. The van der Waals surface area contributed by atoms with Gasteiger partial charge in [0.1, 0.15) is 5.75 Å². The molecule has 0 saturated heterocycles. The highest BCUT2D eigenvalue weighted by atomic mass is 16.7. The van der Waals surface area contributed by atoms with Gasteiger partial charge < -0.3 is 14.8 Å². The normalized spacial score (nSPS) is 11.9. The first-order chi connectivity index (χ1) is 12.7. The van der Waals surface area contributed by atoms with Crippen LogP contribution in [0.1, 0.15) is 30.1 Å². The Hall–Kier alpha value is -2.92. The second-order valence-corrected chi connectivity index (χ2v) is 5.97. The van der Waals surface area contributed by atoms with Gasteiger partial charge in [0, 0.05) is 30.2 Å². The first kappa shape index (κ1) is 17.9. The number of hydrogen-bond acceptors (Lipinski definition) is 4. The van der Waals surface area contributed by atoms with Gasteiger partial charge in [0.25, 0.3) is 5.91 Å². The van der Waals surface area contributed by atoms with Crippen molar-refractivity contribution in [2.45, 2.75) is 26.1 Å². The second kappa shape index (κ2) is 8.45. The molecule has 0 radical (unpaired) electrons. The van der Waals surface area contributed by atoms with E-state index in [0.717, 1.165) is 29.4 Å². The number of fused-ring (bicyclic) bond motifs is 1. The van der Waals surface area contributed by atoms with Gasteiger partial charge >= 0.3 is 0 Å². The van der Waals surface area contributed by atoms with E-state index >= 15 is 0 Å². The summed E-state index contributed by atoms with van der Waals surface area (Å²) in [6.07, 6.45) is 3.13. The summed E-state index contributed by atoms with van der Waals surface area (Å²) in [5.41, 5.74) is 2.13. The quantitative estimate of drug-likeness (QED) is 0.631. The molecule has 1 N–H and O–H groups in total. The summed E-state index contributed by atoms with van der Waals surface area (Å²) in [5.74, 6) is 0.462. The van der Waals surface area contributed by atoms with Crippen LogP contribution in [0.2, 0.25) is 0 Å². The summed E-state index contributed by atoms with van der Waals surface area (Å²) in [6.45, 7) is 2.08. The van der Waals surface area contributed by atoms with E-state index in [1.54, 1.807) is 19.4 Å². The van der Waals surface area contributed by atoms with Crippen LogP contribution >= 0.6 is 0 Å². The van der Waals surface area contributed by atoms with Crippen molar-refractivity contribution < 1.29 is 14.3 Å². The summed E-state index contributed by atoms with van der Waals surface area (Å²) in [5, 5.41) is 3.73. The van der Waals surface area contributed by atoms with Crippen molar-refractivity contribution in [1.82, 2.24) is 4.98 Å². The first-order valence-corrected chi connectivity index (χ1v) is 8.65. The number of ether oxygens (including phenoxy) is 2. The van der Waals surface area contributed by atoms with Crippen LogP contribution in [0, 0.1) is 0 Å². The number of methoxy groups -OCH3 is 1. The van der Waals surface area contributed by atoms with Crippen molar-refractivity contribution in [1.29, 1.82) is 0 Å². The van der Waals surface area contributed by atoms with Gasteiger partial charge in [-0.05, 0) is 36.4 Å². The molecule has 1 unspecified atom stereocenters. The number of nitrogens with zero attached hydrogens (tertiary/aromatic N) is 1. The lowest BCUT2D eigenvalue weighted by Crippen LogP contribution is -2.18. The van der Waals surface area contributed by atoms with Gasteiger partial charge in [-0.1, -0.05) is 31.5 Å². The van der Waals surface area contributed by atoms with Gasteiger partial charge in [-0.3, -0.25) is 9.78 Å². The molecule has 1 amide bonds. The molecule has 3 aromatic rings. The molecule has 0 aliphatic rings. The molecular formula is C21H22N2O3. The third kappa shape index (κ3) is 4.37. The Morgan fingerprint density at radius 1 is 1.15 bits per heavy atom. The Labute approximate surface area is 153 Å². The minimum atomic E-state index is -0.302. The van der Waals surface area contributed by atoms with E-state index in [1.165, 1.54) is 0 Å². The molecule has 5 nitrogen and oxygen atoms in total. The van der Waals surface area contributed by atoms with E-state index in [9.17, 15) is 4.79 Å². The number of carbonyl (C=O) groups excluding carboxylic acids is 1. The number of benzene rings is 2. The summed E-state index contributed by atoms with van der Waals surface area (Å²) >= 11 is 0. The van der Waals surface area contributed by atoms with E-state index in [0.29, 0.717) is 11.3 Å². The smallest absolute Gasteiger partial charge is 0.255 e. The van der Waals surface area contributed by atoms with Gasteiger partial charge in [-0.15, -0.1) is 0 Å². The summed E-state index contributed by atoms with van der Waals surface area (Å²) in [7, 11) is 1.63. The number of para-hydroxylation sites is 1. The molecule has 26 heavy (non-hydrogen) atoms. The second-order valence-electron chi connectivity index (χ2n) is 5.97. The maximum Gasteiger partial charge on any atom is 0.255 e. The molecule has 0 spiro atoms. The summed E-state index contributed by atoms with van der Waals surface area (Å²) in [4.78, 5) is 16.9. The summed E-state index contributed by atoms with van der Waals surface area (Å²) < 4.78 is 11.1. The zero-order chi connectivity index (χ0) is 18.4. The molecule has 5 heteroatoms. The zero-order valence-corrected chi connectivity index (χ0v) is 14.9. The van der Waals surface area contributed by atoms with E-state index in [-0.39, 0.29) is 12.2 Å². The van der Waals surface area contributed by atoms with Crippen LogP contribution in [0.3, 0.4) is 0 Å². The lowest BCUT2D eigenvalue weighted by molar-refractivity contribution is -0.0584. The van der Waals surface area contributed by atoms with Crippen LogP contribution in [0.15, 0.2) is 60.8 Å². The number of carbonyl (C=O) groups is 1. The monoisotopic (exact) mass is 350 g/mol. The van der Waals surface area contributed by atoms with E-state index < -0.39 is 0 Å². The molecule has 2 aromatic carbocycles. The average Bonchev–Trinajstić information content (AvgIpc) is 2.67. The molecule has 1 atom stereocenters. The number of amides is 1. The van der Waals surface area contributed by atoms with Gasteiger partial charge in [0.15, 0.2) is 6.29 Å². The molecule has 0 aliphatic heterocycles. The van der Waals surface area contributed by atoms with Crippen LogP contribution in [-0.2, 0) is 4.74 Å². The Morgan fingerprint density at radius 3 is 2.69 bits per heavy atom. The minimum Gasteiger partial charge on any atom is -0.463 e. The van der Waals surface area contributed by atoms with Crippen molar-refractivity contribution in [2.24, 2.45) is 0 Å². The molecule has 0 aliphatic carbocycles. The Balaban J connectivity index is 1.81. The van der Waals surface area contributed by atoms with Crippen molar-refractivity contribution in [3.63, 3.8) is 0 Å². The Morgan fingerprint density at radius 2 is 1.96 bits per heavy atom. The van der Waals surface area contributed by atoms with Gasteiger partial charge in [-0.25, -0.2) is 0 Å². The Kier molecular flexibility index (Phi) is 5.81. The molecule has 3 rings (SSSR count). The van der Waals surface area contributed by atoms with Crippen LogP contribution in [0.5, 0.6) is 5.75 Å². The number of anilines is 1. The first-order valence-electron chi connectivity index (χ1n) is 8.65. The predicted octanol–water partition coefficient (Wildman–Crippen LogP) is 4.64. The molecule has 0 saturated carbocycles. The third-order valence-corrected chi connectivity index (χ3v) is 4.00. The zero-order valence-electron chi connectivity index (χ0n) is 14.9. The van der Waals surface area contributed by atoms with Crippen molar-refractivity contribution in [2.75, 3.05) is 12.4 Å². The van der Waals surface area contributed by atoms with Crippen molar-refractivity contribution >= 4 is 22.5 Å². The van der Waals surface area contributed by atoms with Crippen LogP contribution in [0.4, 0.5) is 5.69 Å². The van der Waals surface area contributed by atoms with Crippen LogP contribution in [0.25, 0.3) is 10.9 Å². The lowest BCUT2D eigenvalue weighted by Gasteiger charge is -2.16. The summed E-state index contributed by atoms with van der Waals surface area (Å²) in [6, 6.07) is 16.7. The number of rotatable bonds is 7. The van der Waals surface area contributed by atoms with Crippen molar-refractivity contribution in [3.05, 3.63) is 66.4 Å². The van der Waals surface area contributed by atoms with E-state index in [1.807, 2.05) is 48.5 Å². The van der Waals surface area contributed by atoms with Crippen molar-refractivity contribution in [3.8, 4) is 5.75 Å². The van der Waals surface area contributed by atoms with Crippen LogP contribution in [-0.4, -0.2) is 24.3 Å². The molecule has 0 bridgehead atoms. The lowest BCUT2D eigenvalue weighted by atomic mass is 10.1. The van der Waals surface area contributed by atoms with E-state index in [2.05, 4.69) is 17.2 Å². The fourth-order valence-electron chi connectivity index (χ4n) is 2.65. The molecule has 0 fully saturated rings. The molecular weight excluding hydrogens is 328 g/mol. The minimum absolute atomic E-state index is 0.162. The number of pyridine rings is 1. The largest absolute Gasteiger partial charge is 0.463 e. The highest BCUT2D eigenvalue weighted by Gasteiger charge is 2.11. The number of hydrogen-bond donors (Lipinski definition) is 1. The van der Waals surface area contributed by atoms with Gasteiger partial charge in [0.05, 0.1) is 11.7 Å². The highest BCUT2D eigenvalue weighted by molar-refractivity contribution is 6.06.